The van der Waals surface area contributed by atoms with Gasteiger partial charge < -0.3 is 10.1 Å². The van der Waals surface area contributed by atoms with Crippen LogP contribution in [0.4, 0.5) is 0 Å². The SMILES string of the molecule is CCCn1ncc(OC)c1C(Cc1ccccc1)NC. The summed E-state index contributed by atoms with van der Waals surface area (Å²) in [5.41, 5.74) is 2.43. The van der Waals surface area contributed by atoms with E-state index >= 15 is 0 Å². The predicted molar refractivity (Wildman–Crippen MR) is 81.0 cm³/mol. The normalized spacial score (nSPS) is 12.3. The fourth-order valence-corrected chi connectivity index (χ4v) is 2.46. The van der Waals surface area contributed by atoms with E-state index in [1.165, 1.54) is 5.56 Å². The molecule has 0 aliphatic rings. The molecule has 0 amide bonds. The van der Waals surface area contributed by atoms with Gasteiger partial charge in [-0.2, -0.15) is 5.10 Å². The second-order valence-corrected chi connectivity index (χ2v) is 4.85. The predicted octanol–water partition coefficient (Wildman–Crippen LogP) is 2.80. The maximum absolute atomic E-state index is 5.47. The Kier molecular flexibility index (Phi) is 5.18. The van der Waals surface area contributed by atoms with E-state index in [0.29, 0.717) is 0 Å². The summed E-state index contributed by atoms with van der Waals surface area (Å²) >= 11 is 0. The number of hydrogen-bond donors (Lipinski definition) is 1. The van der Waals surface area contributed by atoms with Crippen LogP contribution < -0.4 is 10.1 Å². The van der Waals surface area contributed by atoms with Gasteiger partial charge in [0.1, 0.15) is 0 Å². The summed E-state index contributed by atoms with van der Waals surface area (Å²) in [4.78, 5) is 0. The van der Waals surface area contributed by atoms with E-state index in [9.17, 15) is 0 Å². The van der Waals surface area contributed by atoms with Crippen LogP contribution in [0.3, 0.4) is 0 Å². The van der Waals surface area contributed by atoms with Crippen molar-refractivity contribution in [2.24, 2.45) is 0 Å². The first-order valence-electron chi connectivity index (χ1n) is 7.11. The van der Waals surface area contributed by atoms with E-state index in [1.807, 2.05) is 17.8 Å². The lowest BCUT2D eigenvalue weighted by Gasteiger charge is -2.19. The van der Waals surface area contributed by atoms with E-state index < -0.39 is 0 Å². The van der Waals surface area contributed by atoms with Gasteiger partial charge in [-0.15, -0.1) is 0 Å². The first kappa shape index (κ1) is 14.6. The maximum Gasteiger partial charge on any atom is 0.161 e. The summed E-state index contributed by atoms with van der Waals surface area (Å²) in [6.45, 7) is 3.06. The van der Waals surface area contributed by atoms with Crippen LogP contribution in [0.15, 0.2) is 36.5 Å². The topological polar surface area (TPSA) is 39.1 Å². The number of benzene rings is 1. The molecule has 0 spiro atoms. The second kappa shape index (κ2) is 7.10. The van der Waals surface area contributed by atoms with Gasteiger partial charge in [0.25, 0.3) is 0 Å². The molecule has 4 heteroatoms. The summed E-state index contributed by atoms with van der Waals surface area (Å²) in [6.07, 6.45) is 3.78. The molecule has 0 radical (unpaired) electrons. The number of nitrogens with zero attached hydrogens (tertiary/aromatic N) is 2. The second-order valence-electron chi connectivity index (χ2n) is 4.85. The first-order chi connectivity index (χ1) is 9.80. The number of hydrogen-bond acceptors (Lipinski definition) is 3. The molecule has 2 rings (SSSR count). The summed E-state index contributed by atoms with van der Waals surface area (Å²) in [7, 11) is 3.68. The lowest BCUT2D eigenvalue weighted by atomic mass is 10.0. The molecule has 1 heterocycles. The molecule has 20 heavy (non-hydrogen) atoms. The molecule has 0 saturated heterocycles. The average molecular weight is 273 g/mol. The third kappa shape index (κ3) is 3.20. The Morgan fingerprint density at radius 2 is 2.05 bits per heavy atom. The van der Waals surface area contributed by atoms with Gasteiger partial charge in [0.05, 0.1) is 25.0 Å². The molecule has 108 valence electrons. The molecule has 4 nitrogen and oxygen atoms in total. The van der Waals surface area contributed by atoms with E-state index in [-0.39, 0.29) is 6.04 Å². The minimum absolute atomic E-state index is 0.196. The monoisotopic (exact) mass is 273 g/mol. The molecule has 1 N–H and O–H groups in total. The Bertz CT molecular complexity index is 522. The molecular formula is C16H23N3O. The Balaban J connectivity index is 2.28. The zero-order valence-corrected chi connectivity index (χ0v) is 12.5. The van der Waals surface area contributed by atoms with Gasteiger partial charge in [0.15, 0.2) is 5.75 Å². The van der Waals surface area contributed by atoms with Crippen molar-refractivity contribution >= 4 is 0 Å². The lowest BCUT2D eigenvalue weighted by Crippen LogP contribution is -2.23. The average Bonchev–Trinajstić information content (AvgIpc) is 2.89. The van der Waals surface area contributed by atoms with Crippen molar-refractivity contribution < 1.29 is 4.74 Å². The van der Waals surface area contributed by atoms with Crippen molar-refractivity contribution in [3.05, 3.63) is 47.8 Å². The summed E-state index contributed by atoms with van der Waals surface area (Å²) in [5, 5.41) is 7.82. The highest BCUT2D eigenvalue weighted by Crippen LogP contribution is 2.27. The van der Waals surface area contributed by atoms with Crippen LogP contribution >= 0.6 is 0 Å². The lowest BCUT2D eigenvalue weighted by molar-refractivity contribution is 0.393. The van der Waals surface area contributed by atoms with Gasteiger partial charge >= 0.3 is 0 Å². The number of likely N-dealkylation sites (N-methyl/N-ethyl adjacent to an activating group) is 1. The largest absolute Gasteiger partial charge is 0.493 e. The van der Waals surface area contributed by atoms with Crippen LogP contribution in [-0.2, 0) is 13.0 Å². The van der Waals surface area contributed by atoms with E-state index in [2.05, 4.69) is 41.6 Å². The number of methoxy groups -OCH3 is 1. The van der Waals surface area contributed by atoms with Crippen LogP contribution in [0.2, 0.25) is 0 Å². The third-order valence-electron chi connectivity index (χ3n) is 3.46. The molecule has 0 bridgehead atoms. The molecular weight excluding hydrogens is 250 g/mol. The van der Waals surface area contributed by atoms with Crippen LogP contribution in [0, 0.1) is 0 Å². The number of aryl methyl sites for hydroxylation is 1. The number of ether oxygens (including phenoxy) is 1. The molecule has 1 atom stereocenters. The van der Waals surface area contributed by atoms with E-state index in [0.717, 1.165) is 30.8 Å². The summed E-state index contributed by atoms with van der Waals surface area (Å²) < 4.78 is 7.51. The molecule has 2 aromatic rings. The first-order valence-corrected chi connectivity index (χ1v) is 7.11. The Morgan fingerprint density at radius 3 is 2.65 bits per heavy atom. The number of nitrogens with one attached hydrogen (secondary N) is 1. The van der Waals surface area contributed by atoms with Crippen molar-refractivity contribution in [2.75, 3.05) is 14.2 Å². The van der Waals surface area contributed by atoms with Gasteiger partial charge in [-0.25, -0.2) is 0 Å². The van der Waals surface area contributed by atoms with E-state index in [4.69, 9.17) is 4.74 Å². The Labute approximate surface area is 120 Å². The zero-order valence-electron chi connectivity index (χ0n) is 12.5. The minimum Gasteiger partial charge on any atom is -0.493 e. The molecule has 1 aromatic carbocycles. The molecule has 0 saturated carbocycles. The van der Waals surface area contributed by atoms with Gasteiger partial charge in [0, 0.05) is 6.54 Å². The summed E-state index contributed by atoms with van der Waals surface area (Å²) in [5.74, 6) is 0.855. The zero-order chi connectivity index (χ0) is 14.4. The van der Waals surface area contributed by atoms with Gasteiger partial charge in [-0.3, -0.25) is 4.68 Å². The van der Waals surface area contributed by atoms with Crippen molar-refractivity contribution in [1.82, 2.24) is 15.1 Å². The highest BCUT2D eigenvalue weighted by molar-refractivity contribution is 5.30. The van der Waals surface area contributed by atoms with Crippen molar-refractivity contribution in [1.29, 1.82) is 0 Å². The highest BCUT2D eigenvalue weighted by atomic mass is 16.5. The van der Waals surface area contributed by atoms with Gasteiger partial charge in [-0.1, -0.05) is 37.3 Å². The van der Waals surface area contributed by atoms with Crippen LogP contribution in [-0.4, -0.2) is 23.9 Å². The van der Waals surface area contributed by atoms with Crippen molar-refractivity contribution in [3.63, 3.8) is 0 Å². The molecule has 1 aromatic heterocycles. The van der Waals surface area contributed by atoms with Crippen molar-refractivity contribution in [3.8, 4) is 5.75 Å². The number of rotatable bonds is 7. The molecule has 0 aliphatic carbocycles. The molecule has 0 fully saturated rings. The molecule has 1 unspecified atom stereocenters. The smallest absolute Gasteiger partial charge is 0.161 e. The molecule has 0 aliphatic heterocycles. The van der Waals surface area contributed by atoms with Gasteiger partial charge in [-0.05, 0) is 25.5 Å². The quantitative estimate of drug-likeness (QED) is 0.843. The third-order valence-corrected chi connectivity index (χ3v) is 3.46. The fraction of sp³-hybridized carbons (Fsp3) is 0.438. The van der Waals surface area contributed by atoms with Gasteiger partial charge in [0.2, 0.25) is 0 Å². The maximum atomic E-state index is 5.47. The number of aromatic nitrogens is 2. The fourth-order valence-electron chi connectivity index (χ4n) is 2.46. The van der Waals surface area contributed by atoms with Crippen molar-refractivity contribution in [2.45, 2.75) is 32.4 Å². The minimum atomic E-state index is 0.196. The standard InChI is InChI=1S/C16H23N3O/c1-4-10-19-16(15(20-3)12-18-19)14(17-2)11-13-8-6-5-7-9-13/h5-9,12,14,17H,4,10-11H2,1-3H3. The Morgan fingerprint density at radius 1 is 1.30 bits per heavy atom. The Hall–Kier alpha value is -1.81. The van der Waals surface area contributed by atoms with Crippen LogP contribution in [0.1, 0.15) is 30.6 Å². The highest BCUT2D eigenvalue weighted by Gasteiger charge is 2.20. The van der Waals surface area contributed by atoms with Crippen LogP contribution in [0.25, 0.3) is 0 Å². The van der Waals surface area contributed by atoms with Crippen LogP contribution in [0.5, 0.6) is 5.75 Å². The summed E-state index contributed by atoms with van der Waals surface area (Å²) in [6, 6.07) is 10.7. The van der Waals surface area contributed by atoms with E-state index in [1.54, 1.807) is 13.3 Å².